The average molecular weight is 310 g/mol. The zero-order chi connectivity index (χ0) is 15.3. The van der Waals surface area contributed by atoms with Crippen molar-refractivity contribution in [1.82, 2.24) is 4.90 Å². The maximum absolute atomic E-state index is 11.9. The molecule has 3 fully saturated rings. The van der Waals surface area contributed by atoms with E-state index in [0.29, 0.717) is 0 Å². The van der Waals surface area contributed by atoms with Gasteiger partial charge in [0.25, 0.3) is 0 Å². The van der Waals surface area contributed by atoms with Crippen molar-refractivity contribution < 1.29 is 9.84 Å². The van der Waals surface area contributed by atoms with Gasteiger partial charge < -0.3 is 14.7 Å². The molecule has 0 aliphatic carbocycles. The Balaban J connectivity index is 1.69. The zero-order valence-corrected chi connectivity index (χ0v) is 13.2. The molecule has 1 unspecified atom stereocenters. The van der Waals surface area contributed by atoms with Crippen LogP contribution in [0.4, 0.5) is 5.69 Å². The van der Waals surface area contributed by atoms with E-state index in [1.807, 2.05) is 6.07 Å². The molecular weight excluding hydrogens is 288 g/mol. The number of piperidine rings is 2. The third kappa shape index (κ3) is 1.19. The van der Waals surface area contributed by atoms with Gasteiger partial charge >= 0.3 is 0 Å². The van der Waals surface area contributed by atoms with Crippen molar-refractivity contribution in [2.24, 2.45) is 5.41 Å². The van der Waals surface area contributed by atoms with Crippen LogP contribution in [-0.2, 0) is 10.3 Å². The normalized spacial score (nSPS) is 46.5. The van der Waals surface area contributed by atoms with Crippen LogP contribution in [0.2, 0.25) is 0 Å². The van der Waals surface area contributed by atoms with Crippen molar-refractivity contribution in [3.8, 4) is 0 Å². The molecular formula is C19H22N2O2. The van der Waals surface area contributed by atoms with Crippen molar-refractivity contribution >= 4 is 5.69 Å². The van der Waals surface area contributed by atoms with Crippen LogP contribution in [0.1, 0.15) is 31.2 Å². The quantitative estimate of drug-likeness (QED) is 0.797. The summed E-state index contributed by atoms with van der Waals surface area (Å²) in [5, 5.41) is 11.9. The summed E-state index contributed by atoms with van der Waals surface area (Å²) in [5.74, 6) is 0. The molecule has 3 saturated heterocycles. The average Bonchev–Trinajstić information content (AvgIpc) is 2.79. The molecule has 0 radical (unpaired) electrons. The second kappa shape index (κ2) is 3.82. The Morgan fingerprint density at radius 1 is 1.13 bits per heavy atom. The number of hydrogen-bond donors (Lipinski definition) is 1. The predicted molar refractivity (Wildman–Crippen MR) is 86.9 cm³/mol. The maximum atomic E-state index is 11.9. The highest BCUT2D eigenvalue weighted by atomic mass is 16.5. The number of anilines is 1. The maximum Gasteiger partial charge on any atom is 0.194 e. The molecule has 120 valence electrons. The van der Waals surface area contributed by atoms with E-state index >= 15 is 0 Å². The number of ether oxygens (including phenoxy) is 1. The molecule has 1 aromatic rings. The lowest BCUT2D eigenvalue weighted by molar-refractivity contribution is -0.288. The van der Waals surface area contributed by atoms with Crippen molar-refractivity contribution in [2.75, 3.05) is 24.6 Å². The summed E-state index contributed by atoms with van der Waals surface area (Å²) >= 11 is 0. The van der Waals surface area contributed by atoms with Gasteiger partial charge in [0.15, 0.2) is 5.72 Å². The van der Waals surface area contributed by atoms with Crippen LogP contribution in [0.3, 0.4) is 0 Å². The Kier molecular flexibility index (Phi) is 2.16. The summed E-state index contributed by atoms with van der Waals surface area (Å²) in [5.41, 5.74) is 0.798. The van der Waals surface area contributed by atoms with Crippen molar-refractivity contribution in [3.63, 3.8) is 0 Å². The molecule has 5 heterocycles. The van der Waals surface area contributed by atoms with Crippen LogP contribution in [0.5, 0.6) is 0 Å². The first kappa shape index (κ1) is 13.0. The molecule has 0 aromatic heterocycles. The van der Waals surface area contributed by atoms with Crippen molar-refractivity contribution in [3.05, 3.63) is 42.1 Å². The molecule has 1 aromatic carbocycles. The summed E-state index contributed by atoms with van der Waals surface area (Å²) < 4.78 is 6.53. The number of aliphatic hydroxyl groups is 1. The Hall–Kier alpha value is -1.36. The van der Waals surface area contributed by atoms with Crippen LogP contribution in [0.15, 0.2) is 36.5 Å². The SMILES string of the molecule is O[C@]12CCN3CCC[C@@]45C=CN(c6ccccc61)C2(OCC4)[C@H]35. The van der Waals surface area contributed by atoms with Crippen LogP contribution < -0.4 is 4.90 Å². The number of rotatable bonds is 0. The molecule has 5 aliphatic rings. The first-order chi connectivity index (χ1) is 11.2. The largest absolute Gasteiger partial charge is 0.380 e. The third-order valence-corrected chi connectivity index (χ3v) is 7.13. The summed E-state index contributed by atoms with van der Waals surface area (Å²) in [6.07, 6.45) is 8.94. The van der Waals surface area contributed by atoms with Gasteiger partial charge in [0.1, 0.15) is 5.60 Å². The van der Waals surface area contributed by atoms with Gasteiger partial charge in [-0.25, -0.2) is 0 Å². The van der Waals surface area contributed by atoms with Crippen LogP contribution in [-0.4, -0.2) is 41.5 Å². The fourth-order valence-corrected chi connectivity index (χ4v) is 6.30. The Bertz CT molecular complexity index is 730. The van der Waals surface area contributed by atoms with Gasteiger partial charge in [0.2, 0.25) is 0 Å². The minimum atomic E-state index is -0.904. The van der Waals surface area contributed by atoms with E-state index in [2.05, 4.69) is 40.3 Å². The highest BCUT2D eigenvalue weighted by Gasteiger charge is 2.75. The Morgan fingerprint density at radius 3 is 3.00 bits per heavy atom. The number of para-hydroxylation sites is 1. The van der Waals surface area contributed by atoms with E-state index in [9.17, 15) is 5.11 Å². The number of hydrogen-bond acceptors (Lipinski definition) is 4. The zero-order valence-electron chi connectivity index (χ0n) is 13.2. The molecule has 6 rings (SSSR count). The lowest BCUT2D eigenvalue weighted by atomic mass is 9.58. The molecule has 4 nitrogen and oxygen atoms in total. The minimum Gasteiger partial charge on any atom is -0.380 e. The summed E-state index contributed by atoms with van der Waals surface area (Å²) in [4.78, 5) is 4.85. The van der Waals surface area contributed by atoms with Gasteiger partial charge in [0.05, 0.1) is 12.6 Å². The Morgan fingerprint density at radius 2 is 2.04 bits per heavy atom. The first-order valence-electron chi connectivity index (χ1n) is 8.90. The number of fused-ring (bicyclic) bond motifs is 3. The van der Waals surface area contributed by atoms with Gasteiger partial charge in [-0.1, -0.05) is 24.3 Å². The molecule has 23 heavy (non-hydrogen) atoms. The molecule has 1 spiro atoms. The molecule has 4 atom stereocenters. The molecule has 0 saturated carbocycles. The van der Waals surface area contributed by atoms with E-state index in [-0.39, 0.29) is 11.5 Å². The fourth-order valence-electron chi connectivity index (χ4n) is 6.30. The third-order valence-electron chi connectivity index (χ3n) is 7.13. The number of benzene rings is 1. The fraction of sp³-hybridized carbons (Fsp3) is 0.579. The summed E-state index contributed by atoms with van der Waals surface area (Å²) in [7, 11) is 0. The van der Waals surface area contributed by atoms with Gasteiger partial charge in [0, 0.05) is 29.4 Å². The number of nitrogens with zero attached hydrogens (tertiary/aromatic N) is 2. The highest BCUT2D eigenvalue weighted by Crippen LogP contribution is 2.66. The molecule has 4 heteroatoms. The first-order valence-corrected chi connectivity index (χ1v) is 8.90. The molecule has 2 bridgehead atoms. The molecule has 0 amide bonds. The highest BCUT2D eigenvalue weighted by molar-refractivity contribution is 5.69. The van der Waals surface area contributed by atoms with E-state index in [4.69, 9.17) is 4.74 Å². The van der Waals surface area contributed by atoms with E-state index in [0.717, 1.165) is 43.8 Å². The second-order valence-corrected chi connectivity index (χ2v) is 7.88. The lowest BCUT2D eigenvalue weighted by Crippen LogP contribution is -2.81. The predicted octanol–water partition coefficient (Wildman–Crippen LogP) is 2.19. The monoisotopic (exact) mass is 310 g/mol. The van der Waals surface area contributed by atoms with E-state index in [1.165, 1.54) is 12.8 Å². The van der Waals surface area contributed by atoms with Crippen LogP contribution in [0, 0.1) is 5.41 Å². The van der Waals surface area contributed by atoms with E-state index < -0.39 is 11.3 Å². The van der Waals surface area contributed by atoms with Crippen LogP contribution in [0.25, 0.3) is 0 Å². The lowest BCUT2D eigenvalue weighted by Gasteiger charge is -2.68. The van der Waals surface area contributed by atoms with Gasteiger partial charge in [-0.2, -0.15) is 0 Å². The standard InChI is InChI=1S/C19H22N2O2/c22-18-8-11-20-10-3-6-17-7-12-21(15-5-2-1-4-14(15)18)19(18,16(17)20)23-13-9-17/h1-2,4-5,7,12,16,22H,3,6,8-11,13H2/t16-,17-,18-,19?/m1/s1. The van der Waals surface area contributed by atoms with Gasteiger partial charge in [-0.05, 0) is 38.3 Å². The summed E-state index contributed by atoms with van der Waals surface area (Å²) in [6, 6.07) is 8.58. The summed E-state index contributed by atoms with van der Waals surface area (Å²) in [6.45, 7) is 2.83. The van der Waals surface area contributed by atoms with Gasteiger partial charge in [-0.15, -0.1) is 0 Å². The molecule has 5 aliphatic heterocycles. The van der Waals surface area contributed by atoms with Crippen molar-refractivity contribution in [1.29, 1.82) is 0 Å². The smallest absolute Gasteiger partial charge is 0.194 e. The van der Waals surface area contributed by atoms with Gasteiger partial charge in [-0.3, -0.25) is 4.90 Å². The minimum absolute atomic E-state index is 0.170. The second-order valence-electron chi connectivity index (χ2n) is 7.88. The topological polar surface area (TPSA) is 35.9 Å². The van der Waals surface area contributed by atoms with E-state index in [1.54, 1.807) is 0 Å². The van der Waals surface area contributed by atoms with Crippen LogP contribution >= 0.6 is 0 Å². The molecule has 1 N–H and O–H groups in total. The van der Waals surface area contributed by atoms with Crippen molar-refractivity contribution in [2.45, 2.75) is 43.1 Å². The Labute approximate surface area is 136 Å².